The molecule has 2 atom stereocenters. The summed E-state index contributed by atoms with van der Waals surface area (Å²) in [7, 11) is -0.941. The van der Waals surface area contributed by atoms with Crippen LogP contribution in [0.15, 0.2) is 0 Å². The molecule has 286 valence electrons. The van der Waals surface area contributed by atoms with Crippen molar-refractivity contribution in [1.82, 2.24) is 0 Å². The Balaban J connectivity index is 4.38. The van der Waals surface area contributed by atoms with Crippen LogP contribution in [0.1, 0.15) is 174 Å². The van der Waals surface area contributed by atoms with Gasteiger partial charge in [0.25, 0.3) is 0 Å². The highest BCUT2D eigenvalue weighted by atomic mass is 31.2. The van der Waals surface area contributed by atoms with Crippen molar-refractivity contribution in [2.24, 2.45) is 0 Å². The van der Waals surface area contributed by atoms with Crippen molar-refractivity contribution < 1.29 is 47.2 Å². The van der Waals surface area contributed by atoms with Crippen molar-refractivity contribution in [3.05, 3.63) is 0 Å². The zero-order chi connectivity index (χ0) is 35.8. The fourth-order valence-corrected chi connectivity index (χ4v) is 6.09. The first-order chi connectivity index (χ1) is 23.0. The standard InChI is InChI=1S/C37H74NO9P/c1-5-7-9-11-13-15-16-17-18-19-20-21-23-24-26-28-36(40)44-32-35(33-46-48(42,43)45-31-30-38(3,4)34-39)47-37(41)29-27-25-22-14-12-10-8-6-2/h35,39H,5-34H2,1-4H3/p+1/t35-/m1/s1. The fraction of sp³-hybridized carbons (Fsp3) is 0.946. The molecule has 0 heterocycles. The lowest BCUT2D eigenvalue weighted by molar-refractivity contribution is -0.908. The summed E-state index contributed by atoms with van der Waals surface area (Å²) in [6.07, 6.45) is 26.9. The summed E-state index contributed by atoms with van der Waals surface area (Å²) in [4.78, 5) is 35.1. The van der Waals surface area contributed by atoms with Crippen LogP contribution >= 0.6 is 7.82 Å². The molecule has 0 fully saturated rings. The van der Waals surface area contributed by atoms with Crippen LogP contribution in [0.4, 0.5) is 0 Å². The number of quaternary nitrogens is 1. The molecule has 11 heteroatoms. The highest BCUT2D eigenvalue weighted by Gasteiger charge is 2.27. The maximum atomic E-state index is 12.5. The van der Waals surface area contributed by atoms with Crippen molar-refractivity contribution in [2.45, 2.75) is 180 Å². The van der Waals surface area contributed by atoms with Gasteiger partial charge in [-0.15, -0.1) is 0 Å². The molecule has 10 nitrogen and oxygen atoms in total. The maximum Gasteiger partial charge on any atom is 0.472 e. The Labute approximate surface area is 294 Å². The molecule has 0 saturated carbocycles. The van der Waals surface area contributed by atoms with E-state index in [2.05, 4.69) is 13.8 Å². The molecule has 0 spiro atoms. The van der Waals surface area contributed by atoms with Crippen LogP contribution in [0.3, 0.4) is 0 Å². The van der Waals surface area contributed by atoms with Gasteiger partial charge >= 0.3 is 19.8 Å². The Morgan fingerprint density at radius 2 is 1.00 bits per heavy atom. The molecule has 1 unspecified atom stereocenters. The molecule has 0 amide bonds. The predicted molar refractivity (Wildman–Crippen MR) is 193 cm³/mol. The number of aliphatic hydroxyl groups excluding tert-OH is 1. The number of hydrogen-bond acceptors (Lipinski definition) is 8. The summed E-state index contributed by atoms with van der Waals surface area (Å²) in [5.41, 5.74) is 0. The molecular formula is C37H75NO9P+. The average molecular weight is 709 g/mol. The largest absolute Gasteiger partial charge is 0.472 e. The van der Waals surface area contributed by atoms with E-state index >= 15 is 0 Å². The molecule has 0 aliphatic rings. The zero-order valence-corrected chi connectivity index (χ0v) is 32.3. The Bertz CT molecular complexity index is 812. The number of nitrogens with zero attached hydrogens (tertiary/aromatic N) is 1. The second-order valence-electron chi connectivity index (χ2n) is 14.1. The number of carbonyl (C=O) groups excluding carboxylic acids is 2. The Kier molecular flexibility index (Phi) is 31.2. The number of hydrogen-bond donors (Lipinski definition) is 2. The lowest BCUT2D eigenvalue weighted by Gasteiger charge is -2.27. The molecule has 0 bridgehead atoms. The minimum absolute atomic E-state index is 0.113. The molecule has 0 saturated heterocycles. The molecule has 48 heavy (non-hydrogen) atoms. The molecule has 0 rings (SSSR count). The van der Waals surface area contributed by atoms with Crippen LogP contribution < -0.4 is 0 Å². The highest BCUT2D eigenvalue weighted by Crippen LogP contribution is 2.43. The third-order valence-electron chi connectivity index (χ3n) is 8.70. The van der Waals surface area contributed by atoms with E-state index in [4.69, 9.17) is 18.5 Å². The third-order valence-corrected chi connectivity index (χ3v) is 9.69. The number of likely N-dealkylation sites (N-methyl/N-ethyl adjacent to an activating group) is 1. The van der Waals surface area contributed by atoms with Crippen LogP contribution in [-0.4, -0.2) is 79.7 Å². The van der Waals surface area contributed by atoms with Gasteiger partial charge in [0.15, 0.2) is 12.8 Å². The number of phosphoric acid groups is 1. The maximum absolute atomic E-state index is 12.5. The number of carbonyl (C=O) groups is 2. The predicted octanol–water partition coefficient (Wildman–Crippen LogP) is 9.39. The Hall–Kier alpha value is -1.03. The monoisotopic (exact) mass is 709 g/mol. The molecular weight excluding hydrogens is 633 g/mol. The first kappa shape index (κ1) is 47.0. The smallest absolute Gasteiger partial charge is 0.462 e. The quantitative estimate of drug-likeness (QED) is 0.0215. The van der Waals surface area contributed by atoms with E-state index in [0.29, 0.717) is 13.0 Å². The molecule has 2 N–H and O–H groups in total. The normalized spacial score (nSPS) is 13.7. The Morgan fingerprint density at radius 3 is 1.42 bits per heavy atom. The summed E-state index contributed by atoms with van der Waals surface area (Å²) in [5.74, 6) is -0.843. The van der Waals surface area contributed by atoms with Crippen LogP contribution in [-0.2, 0) is 32.7 Å². The summed E-state index contributed by atoms with van der Waals surface area (Å²) < 4.78 is 33.6. The lowest BCUT2D eigenvalue weighted by atomic mass is 10.0. The number of esters is 2. The van der Waals surface area contributed by atoms with E-state index in [0.717, 1.165) is 38.5 Å². The van der Waals surface area contributed by atoms with E-state index in [1.54, 1.807) is 14.1 Å². The van der Waals surface area contributed by atoms with Crippen molar-refractivity contribution in [3.63, 3.8) is 0 Å². The van der Waals surface area contributed by atoms with E-state index in [1.165, 1.54) is 103 Å². The van der Waals surface area contributed by atoms with Gasteiger partial charge in [-0.05, 0) is 12.8 Å². The van der Waals surface area contributed by atoms with Gasteiger partial charge in [0.2, 0.25) is 0 Å². The van der Waals surface area contributed by atoms with Gasteiger partial charge in [0, 0.05) is 12.8 Å². The fourth-order valence-electron chi connectivity index (χ4n) is 5.35. The van der Waals surface area contributed by atoms with Gasteiger partial charge in [0.05, 0.1) is 20.7 Å². The number of phosphoric ester groups is 1. The summed E-state index contributed by atoms with van der Waals surface area (Å²) in [6, 6.07) is 0. The van der Waals surface area contributed by atoms with Crippen LogP contribution in [0.25, 0.3) is 0 Å². The van der Waals surface area contributed by atoms with E-state index < -0.39 is 26.5 Å². The SMILES string of the molecule is CCCCCCCCCCCCCCCCCC(=O)OC[C@H](COP(=O)(O)OCC[N+](C)(C)CO)OC(=O)CCCCCCCCCC. The average Bonchev–Trinajstić information content (AvgIpc) is 3.05. The first-order valence-corrected chi connectivity index (χ1v) is 20.9. The highest BCUT2D eigenvalue weighted by molar-refractivity contribution is 7.47. The zero-order valence-electron chi connectivity index (χ0n) is 31.4. The number of aliphatic hydroxyl groups is 1. The van der Waals surface area contributed by atoms with E-state index in [-0.39, 0.29) is 43.2 Å². The molecule has 0 radical (unpaired) electrons. The topological polar surface area (TPSA) is 129 Å². The van der Waals surface area contributed by atoms with Crippen molar-refractivity contribution in [2.75, 3.05) is 47.2 Å². The second kappa shape index (κ2) is 31.9. The van der Waals surface area contributed by atoms with Crippen molar-refractivity contribution >= 4 is 19.8 Å². The van der Waals surface area contributed by atoms with Crippen molar-refractivity contribution in [3.8, 4) is 0 Å². The molecule has 0 aliphatic carbocycles. The Morgan fingerprint density at radius 1 is 0.604 bits per heavy atom. The summed E-state index contributed by atoms with van der Waals surface area (Å²) in [5, 5.41) is 9.35. The van der Waals surface area contributed by atoms with Gasteiger partial charge in [-0.1, -0.05) is 149 Å². The number of ether oxygens (including phenoxy) is 2. The molecule has 0 aliphatic heterocycles. The lowest BCUT2D eigenvalue weighted by Crippen LogP contribution is -2.42. The van der Waals surface area contributed by atoms with Crippen LogP contribution in [0.2, 0.25) is 0 Å². The first-order valence-electron chi connectivity index (χ1n) is 19.4. The van der Waals surface area contributed by atoms with Gasteiger partial charge in [0.1, 0.15) is 19.8 Å². The van der Waals surface area contributed by atoms with Crippen LogP contribution in [0.5, 0.6) is 0 Å². The molecule has 0 aromatic carbocycles. The summed E-state index contributed by atoms with van der Waals surface area (Å²) >= 11 is 0. The van der Waals surface area contributed by atoms with Gasteiger partial charge in [-0.25, -0.2) is 4.57 Å². The summed E-state index contributed by atoms with van der Waals surface area (Å²) in [6.45, 7) is 3.78. The number of rotatable bonds is 36. The number of unbranched alkanes of at least 4 members (excludes halogenated alkanes) is 21. The van der Waals surface area contributed by atoms with Gasteiger partial charge in [-0.2, -0.15) is 0 Å². The minimum Gasteiger partial charge on any atom is -0.462 e. The second-order valence-corrected chi connectivity index (χ2v) is 15.6. The van der Waals surface area contributed by atoms with E-state index in [9.17, 15) is 24.2 Å². The van der Waals surface area contributed by atoms with Crippen molar-refractivity contribution in [1.29, 1.82) is 0 Å². The van der Waals surface area contributed by atoms with E-state index in [1.807, 2.05) is 0 Å². The third kappa shape index (κ3) is 32.2. The minimum atomic E-state index is -4.45. The molecule has 0 aromatic heterocycles. The van der Waals surface area contributed by atoms with Gasteiger partial charge < -0.3 is 24.0 Å². The van der Waals surface area contributed by atoms with Gasteiger partial charge in [-0.3, -0.25) is 18.6 Å². The van der Waals surface area contributed by atoms with Crippen LogP contribution in [0, 0.1) is 0 Å². The molecule has 0 aromatic rings.